The van der Waals surface area contributed by atoms with Gasteiger partial charge in [-0.3, -0.25) is 0 Å². The molecule has 0 saturated carbocycles. The van der Waals surface area contributed by atoms with E-state index >= 15 is 0 Å². The third-order valence-corrected chi connectivity index (χ3v) is 14.0. The van der Waals surface area contributed by atoms with Crippen molar-refractivity contribution in [2.45, 2.75) is 0 Å². The van der Waals surface area contributed by atoms with E-state index in [-0.39, 0.29) is 0 Å². The minimum Gasteiger partial charge on any atom is -0.311 e. The zero-order valence-electron chi connectivity index (χ0n) is 38.5. The van der Waals surface area contributed by atoms with Crippen molar-refractivity contribution in [1.29, 1.82) is 0 Å². The molecule has 0 atom stereocenters. The number of hydrogen-bond acceptors (Lipinski definition) is 1. The highest BCUT2D eigenvalue weighted by Gasteiger charge is 2.20. The monoisotopic (exact) mass is 890 g/mol. The lowest BCUT2D eigenvalue weighted by atomic mass is 9.95. The molecule has 0 bridgehead atoms. The first-order valence-corrected chi connectivity index (χ1v) is 24.1. The predicted octanol–water partition coefficient (Wildman–Crippen LogP) is 18.9. The van der Waals surface area contributed by atoms with Crippen molar-refractivity contribution < 1.29 is 0 Å². The first-order chi connectivity index (χ1) is 34.7. The number of para-hydroxylation sites is 1. The molecular weight excluding hydrogens is 845 g/mol. The first-order valence-electron chi connectivity index (χ1n) is 24.1. The lowest BCUT2D eigenvalue weighted by Crippen LogP contribution is -2.09. The van der Waals surface area contributed by atoms with E-state index in [2.05, 4.69) is 289 Å². The van der Waals surface area contributed by atoms with Gasteiger partial charge >= 0.3 is 0 Å². The minimum absolute atomic E-state index is 1.08. The average Bonchev–Trinajstić information content (AvgIpc) is 3.76. The van der Waals surface area contributed by atoms with Crippen LogP contribution in [0.15, 0.2) is 279 Å². The molecule has 0 saturated heterocycles. The Kier molecular flexibility index (Phi) is 10.2. The van der Waals surface area contributed by atoms with Crippen LogP contribution >= 0.6 is 0 Å². The van der Waals surface area contributed by atoms with Crippen molar-refractivity contribution in [1.82, 2.24) is 4.57 Å². The average molecular weight is 891 g/mol. The molecule has 2 heteroatoms. The number of fused-ring (bicyclic) bond motifs is 5. The summed E-state index contributed by atoms with van der Waals surface area (Å²) in [5.41, 5.74) is 18.7. The van der Waals surface area contributed by atoms with Crippen LogP contribution in [0.25, 0.3) is 105 Å². The Morgan fingerprint density at radius 2 is 0.586 bits per heavy atom. The number of anilines is 3. The molecular formula is C68H46N2. The summed E-state index contributed by atoms with van der Waals surface area (Å²) in [6.07, 6.45) is 0. The van der Waals surface area contributed by atoms with Crippen LogP contribution in [0.1, 0.15) is 0 Å². The molecule has 0 unspecified atom stereocenters. The smallest absolute Gasteiger partial charge is 0.0541 e. The van der Waals surface area contributed by atoms with Gasteiger partial charge in [0.1, 0.15) is 0 Å². The molecule has 13 aromatic rings. The summed E-state index contributed by atoms with van der Waals surface area (Å²) in [5, 5.41) is 7.44. The Labute approximate surface area is 408 Å². The van der Waals surface area contributed by atoms with E-state index in [1.165, 1.54) is 87.9 Å². The molecule has 0 aliphatic carbocycles. The largest absolute Gasteiger partial charge is 0.311 e. The van der Waals surface area contributed by atoms with Crippen molar-refractivity contribution in [3.05, 3.63) is 279 Å². The highest BCUT2D eigenvalue weighted by atomic mass is 15.1. The van der Waals surface area contributed by atoms with Crippen LogP contribution in [0.2, 0.25) is 0 Å². The van der Waals surface area contributed by atoms with Gasteiger partial charge < -0.3 is 9.47 Å². The summed E-state index contributed by atoms with van der Waals surface area (Å²) >= 11 is 0. The third kappa shape index (κ3) is 7.31. The van der Waals surface area contributed by atoms with E-state index in [0.717, 1.165) is 33.9 Å². The molecule has 0 amide bonds. The highest BCUT2D eigenvalue weighted by Crippen LogP contribution is 2.43. The van der Waals surface area contributed by atoms with E-state index < -0.39 is 0 Å². The molecule has 1 aromatic heterocycles. The fraction of sp³-hybridized carbons (Fsp3) is 0. The Balaban J connectivity index is 0.942. The van der Waals surface area contributed by atoms with Gasteiger partial charge in [-0.15, -0.1) is 0 Å². The van der Waals surface area contributed by atoms with E-state index in [1.807, 2.05) is 0 Å². The van der Waals surface area contributed by atoms with E-state index in [0.29, 0.717) is 0 Å². The molecule has 13 rings (SSSR count). The lowest BCUT2D eigenvalue weighted by Gasteiger charge is -2.26. The second-order valence-electron chi connectivity index (χ2n) is 18.1. The van der Waals surface area contributed by atoms with Crippen molar-refractivity contribution >= 4 is 60.4 Å². The standard InChI is InChI=1S/C68H46N2/c1-3-15-47(16-4-1)49-29-37-56(38-30-49)69(57-39-31-50(32-40-57)48-17-5-2-6-18-48)58-41-33-53(34-42-58)63-25-11-12-28-66(63)70-67-43-35-54(61-26-13-21-51-19-7-9-23-59(51)61)45-64(67)65-46-55(36-44-68(65)70)62-27-14-22-52-20-8-10-24-60(52)62/h1-46H. The van der Waals surface area contributed by atoms with Crippen molar-refractivity contribution in [2.24, 2.45) is 0 Å². The number of benzene rings is 12. The lowest BCUT2D eigenvalue weighted by molar-refractivity contribution is 1.18. The van der Waals surface area contributed by atoms with Crippen LogP contribution in [0, 0.1) is 0 Å². The number of hydrogen-bond donors (Lipinski definition) is 0. The van der Waals surface area contributed by atoms with Crippen LogP contribution in [0.5, 0.6) is 0 Å². The summed E-state index contributed by atoms with van der Waals surface area (Å²) in [6.45, 7) is 0. The Bertz CT molecular complexity index is 3790. The SMILES string of the molecule is c1ccc(-c2ccc(N(c3ccc(-c4ccccc4)cc3)c3ccc(-c4ccccc4-n4c5ccc(-c6cccc7ccccc67)cc5c5cc(-c6cccc7ccccc67)ccc54)cc3)cc2)cc1. The molecule has 0 spiro atoms. The number of nitrogens with zero attached hydrogens (tertiary/aromatic N) is 2. The van der Waals surface area contributed by atoms with Crippen molar-refractivity contribution in [3.63, 3.8) is 0 Å². The van der Waals surface area contributed by atoms with Crippen molar-refractivity contribution in [2.75, 3.05) is 4.90 Å². The fourth-order valence-corrected chi connectivity index (χ4v) is 10.6. The highest BCUT2D eigenvalue weighted by molar-refractivity contribution is 6.13. The maximum absolute atomic E-state index is 2.47. The van der Waals surface area contributed by atoms with Gasteiger partial charge in [0.2, 0.25) is 0 Å². The van der Waals surface area contributed by atoms with E-state index in [4.69, 9.17) is 0 Å². The van der Waals surface area contributed by atoms with Gasteiger partial charge in [0.15, 0.2) is 0 Å². The molecule has 0 aliphatic heterocycles. The zero-order chi connectivity index (χ0) is 46.4. The Hall–Kier alpha value is -9.24. The van der Waals surface area contributed by atoms with Gasteiger partial charge in [-0.05, 0) is 138 Å². The summed E-state index contributed by atoms with van der Waals surface area (Å²) in [5.74, 6) is 0. The molecule has 70 heavy (non-hydrogen) atoms. The van der Waals surface area contributed by atoms with Gasteiger partial charge in [-0.1, -0.05) is 212 Å². The van der Waals surface area contributed by atoms with Crippen LogP contribution in [-0.2, 0) is 0 Å². The molecule has 0 N–H and O–H groups in total. The van der Waals surface area contributed by atoms with Gasteiger partial charge in [0, 0.05) is 33.4 Å². The van der Waals surface area contributed by atoms with Gasteiger partial charge in [0.25, 0.3) is 0 Å². The molecule has 2 nitrogen and oxygen atoms in total. The zero-order valence-corrected chi connectivity index (χ0v) is 38.5. The minimum atomic E-state index is 1.08. The van der Waals surface area contributed by atoms with E-state index in [9.17, 15) is 0 Å². The second kappa shape index (κ2) is 17.4. The molecule has 1 heterocycles. The second-order valence-corrected chi connectivity index (χ2v) is 18.1. The summed E-state index contributed by atoms with van der Waals surface area (Å²) in [7, 11) is 0. The maximum Gasteiger partial charge on any atom is 0.0541 e. The summed E-state index contributed by atoms with van der Waals surface area (Å²) in [6, 6.07) is 102. The van der Waals surface area contributed by atoms with Crippen LogP contribution in [0.3, 0.4) is 0 Å². The Morgan fingerprint density at radius 3 is 1.07 bits per heavy atom. The predicted molar refractivity (Wildman–Crippen MR) is 298 cm³/mol. The van der Waals surface area contributed by atoms with Crippen LogP contribution in [-0.4, -0.2) is 4.57 Å². The number of aromatic nitrogens is 1. The van der Waals surface area contributed by atoms with Gasteiger partial charge in [-0.25, -0.2) is 0 Å². The van der Waals surface area contributed by atoms with Gasteiger partial charge in [-0.2, -0.15) is 0 Å². The van der Waals surface area contributed by atoms with Crippen LogP contribution in [0.4, 0.5) is 17.1 Å². The molecule has 0 fully saturated rings. The summed E-state index contributed by atoms with van der Waals surface area (Å²) in [4.78, 5) is 2.35. The molecule has 328 valence electrons. The molecule has 0 aliphatic rings. The van der Waals surface area contributed by atoms with E-state index in [1.54, 1.807) is 0 Å². The third-order valence-electron chi connectivity index (χ3n) is 14.0. The van der Waals surface area contributed by atoms with Crippen LogP contribution < -0.4 is 4.90 Å². The van der Waals surface area contributed by atoms with Gasteiger partial charge in [0.05, 0.1) is 16.7 Å². The fourth-order valence-electron chi connectivity index (χ4n) is 10.6. The topological polar surface area (TPSA) is 8.17 Å². The number of rotatable bonds is 9. The first kappa shape index (κ1) is 41.0. The summed E-state index contributed by atoms with van der Waals surface area (Å²) < 4.78 is 2.47. The van der Waals surface area contributed by atoms with Crippen molar-refractivity contribution in [3.8, 4) is 61.3 Å². The Morgan fingerprint density at radius 1 is 0.229 bits per heavy atom. The maximum atomic E-state index is 2.47. The normalized spacial score (nSPS) is 11.4. The molecule has 12 aromatic carbocycles. The molecule has 0 radical (unpaired) electrons. The quantitative estimate of drug-likeness (QED) is 0.140.